The molecular weight excluding hydrogens is 272 g/mol. The molecule has 112 valence electrons. The maximum absolute atomic E-state index is 10.9. The van der Waals surface area contributed by atoms with Crippen molar-refractivity contribution in [2.75, 3.05) is 12.4 Å². The van der Waals surface area contributed by atoms with Crippen LogP contribution >= 0.6 is 0 Å². The Balaban J connectivity index is 2.24. The number of aromatic nitrogens is 2. The molecule has 21 heavy (non-hydrogen) atoms. The van der Waals surface area contributed by atoms with Crippen LogP contribution < -0.4 is 10.1 Å². The molecule has 0 bridgehead atoms. The Morgan fingerprint density at radius 2 is 2.29 bits per heavy atom. The van der Waals surface area contributed by atoms with Crippen LogP contribution in [0.2, 0.25) is 0 Å². The van der Waals surface area contributed by atoms with Crippen LogP contribution in [0, 0.1) is 10.1 Å². The summed E-state index contributed by atoms with van der Waals surface area (Å²) in [5, 5.41) is 18.3. The molecule has 0 aliphatic carbocycles. The molecule has 0 aliphatic heterocycles. The van der Waals surface area contributed by atoms with E-state index < -0.39 is 4.92 Å². The minimum Gasteiger partial charge on any atom is -0.495 e. The second kappa shape index (κ2) is 6.25. The largest absolute Gasteiger partial charge is 0.495 e. The lowest BCUT2D eigenvalue weighted by Gasteiger charge is -2.16. The van der Waals surface area contributed by atoms with E-state index in [0.29, 0.717) is 11.4 Å². The van der Waals surface area contributed by atoms with Crippen molar-refractivity contribution >= 4 is 11.4 Å². The van der Waals surface area contributed by atoms with E-state index in [2.05, 4.69) is 10.4 Å². The lowest BCUT2D eigenvalue weighted by molar-refractivity contribution is -0.384. The number of aryl methyl sites for hydroxylation is 1. The lowest BCUT2D eigenvalue weighted by Crippen LogP contribution is -2.07. The molecule has 7 nitrogen and oxygen atoms in total. The number of ether oxygens (including phenoxy) is 1. The van der Waals surface area contributed by atoms with E-state index in [-0.39, 0.29) is 11.7 Å². The van der Waals surface area contributed by atoms with Gasteiger partial charge >= 0.3 is 0 Å². The van der Waals surface area contributed by atoms with Gasteiger partial charge in [-0.15, -0.1) is 0 Å². The molecule has 0 radical (unpaired) electrons. The maximum Gasteiger partial charge on any atom is 0.271 e. The standard InChI is InChI=1S/C14H18N4O3/c1-4-17-9-11(8-15-17)10(2)16-13-7-12(18(19)20)5-6-14(13)21-3/h5-10,16H,4H2,1-3H3. The van der Waals surface area contributed by atoms with Crippen molar-refractivity contribution in [2.45, 2.75) is 26.4 Å². The first-order valence-electron chi connectivity index (χ1n) is 6.66. The van der Waals surface area contributed by atoms with Gasteiger partial charge in [0.1, 0.15) is 5.75 Å². The number of nitrogens with one attached hydrogen (secondary N) is 1. The van der Waals surface area contributed by atoms with Crippen LogP contribution in [0.25, 0.3) is 0 Å². The van der Waals surface area contributed by atoms with E-state index in [4.69, 9.17) is 4.74 Å². The molecule has 0 spiro atoms. The molecule has 1 aromatic heterocycles. The highest BCUT2D eigenvalue weighted by Crippen LogP contribution is 2.31. The number of nitro benzene ring substituents is 1. The molecule has 1 heterocycles. The number of hydrogen-bond donors (Lipinski definition) is 1. The molecule has 1 N–H and O–H groups in total. The summed E-state index contributed by atoms with van der Waals surface area (Å²) in [5.74, 6) is 0.565. The fourth-order valence-corrected chi connectivity index (χ4v) is 2.02. The predicted molar refractivity (Wildman–Crippen MR) is 79.6 cm³/mol. The highest BCUT2D eigenvalue weighted by Gasteiger charge is 2.15. The SMILES string of the molecule is CCn1cc(C(C)Nc2cc([N+](=O)[O-])ccc2OC)cn1. The number of nitro groups is 1. The molecule has 1 aromatic carbocycles. The number of hydrogen-bond acceptors (Lipinski definition) is 5. The molecular formula is C14H18N4O3. The molecule has 2 rings (SSSR count). The van der Waals surface area contributed by atoms with Gasteiger partial charge in [-0.05, 0) is 19.9 Å². The van der Waals surface area contributed by atoms with E-state index in [9.17, 15) is 10.1 Å². The van der Waals surface area contributed by atoms with Crippen LogP contribution in [0.3, 0.4) is 0 Å². The number of anilines is 1. The van der Waals surface area contributed by atoms with Crippen LogP contribution in [-0.4, -0.2) is 21.8 Å². The van der Waals surface area contributed by atoms with Crippen molar-refractivity contribution < 1.29 is 9.66 Å². The van der Waals surface area contributed by atoms with Crippen LogP contribution in [0.5, 0.6) is 5.75 Å². The van der Waals surface area contributed by atoms with E-state index in [1.807, 2.05) is 24.7 Å². The Bertz CT molecular complexity index is 639. The lowest BCUT2D eigenvalue weighted by atomic mass is 10.1. The summed E-state index contributed by atoms with van der Waals surface area (Å²) in [7, 11) is 1.53. The summed E-state index contributed by atoms with van der Waals surface area (Å²) in [4.78, 5) is 10.4. The molecule has 1 unspecified atom stereocenters. The molecule has 1 atom stereocenters. The monoisotopic (exact) mass is 290 g/mol. The van der Waals surface area contributed by atoms with Crippen LogP contribution in [0.1, 0.15) is 25.5 Å². The number of non-ortho nitro benzene ring substituents is 1. The van der Waals surface area contributed by atoms with Gasteiger partial charge in [0.15, 0.2) is 0 Å². The van der Waals surface area contributed by atoms with Crippen LogP contribution in [0.15, 0.2) is 30.6 Å². The number of rotatable bonds is 6. The second-order valence-corrected chi connectivity index (χ2v) is 4.64. The predicted octanol–water partition coefficient (Wildman–Crippen LogP) is 2.99. The zero-order chi connectivity index (χ0) is 15.4. The zero-order valence-electron chi connectivity index (χ0n) is 12.2. The molecule has 7 heteroatoms. The summed E-state index contributed by atoms with van der Waals surface area (Å²) in [6, 6.07) is 4.44. The van der Waals surface area contributed by atoms with Crippen LogP contribution in [-0.2, 0) is 6.54 Å². The Morgan fingerprint density at radius 3 is 2.86 bits per heavy atom. The Kier molecular flexibility index (Phi) is 4.42. The van der Waals surface area contributed by atoms with Gasteiger partial charge < -0.3 is 10.1 Å². The summed E-state index contributed by atoms with van der Waals surface area (Å²) >= 11 is 0. The highest BCUT2D eigenvalue weighted by atomic mass is 16.6. The third-order valence-corrected chi connectivity index (χ3v) is 3.24. The van der Waals surface area contributed by atoms with Crippen molar-refractivity contribution in [1.29, 1.82) is 0 Å². The number of methoxy groups -OCH3 is 1. The minimum absolute atomic E-state index is 0.0229. The first-order chi connectivity index (χ1) is 10.0. The Morgan fingerprint density at radius 1 is 1.52 bits per heavy atom. The summed E-state index contributed by atoms with van der Waals surface area (Å²) in [5.41, 5.74) is 1.61. The summed E-state index contributed by atoms with van der Waals surface area (Å²) in [6.45, 7) is 4.78. The van der Waals surface area contributed by atoms with E-state index in [1.54, 1.807) is 12.3 Å². The molecule has 0 aliphatic rings. The van der Waals surface area contributed by atoms with Gasteiger partial charge in [-0.3, -0.25) is 14.8 Å². The van der Waals surface area contributed by atoms with Crippen molar-refractivity contribution in [1.82, 2.24) is 9.78 Å². The highest BCUT2D eigenvalue weighted by molar-refractivity contribution is 5.62. The third kappa shape index (κ3) is 3.31. The average molecular weight is 290 g/mol. The maximum atomic E-state index is 10.9. The van der Waals surface area contributed by atoms with Gasteiger partial charge in [-0.25, -0.2) is 0 Å². The van der Waals surface area contributed by atoms with Gasteiger partial charge in [0.05, 0.1) is 30.0 Å². The molecule has 0 saturated carbocycles. The van der Waals surface area contributed by atoms with Crippen molar-refractivity contribution in [2.24, 2.45) is 0 Å². The van der Waals surface area contributed by atoms with Gasteiger partial charge in [0.25, 0.3) is 5.69 Å². The number of benzene rings is 1. The van der Waals surface area contributed by atoms with Crippen molar-refractivity contribution in [3.8, 4) is 5.75 Å². The fraction of sp³-hybridized carbons (Fsp3) is 0.357. The fourth-order valence-electron chi connectivity index (χ4n) is 2.02. The minimum atomic E-state index is -0.426. The molecule has 0 fully saturated rings. The van der Waals surface area contributed by atoms with E-state index in [1.165, 1.54) is 19.2 Å². The second-order valence-electron chi connectivity index (χ2n) is 4.64. The first-order valence-corrected chi connectivity index (χ1v) is 6.66. The molecule has 0 amide bonds. The average Bonchev–Trinajstić information content (AvgIpc) is 2.96. The van der Waals surface area contributed by atoms with Crippen LogP contribution in [0.4, 0.5) is 11.4 Å². The van der Waals surface area contributed by atoms with E-state index in [0.717, 1.165) is 12.1 Å². The van der Waals surface area contributed by atoms with Crippen molar-refractivity contribution in [3.05, 3.63) is 46.3 Å². The Labute approximate surface area is 122 Å². The van der Waals surface area contributed by atoms with Gasteiger partial charge in [-0.1, -0.05) is 0 Å². The smallest absolute Gasteiger partial charge is 0.271 e. The first kappa shape index (κ1) is 14.8. The summed E-state index contributed by atoms with van der Waals surface area (Å²) in [6.07, 6.45) is 3.73. The molecule has 2 aromatic rings. The topological polar surface area (TPSA) is 82.2 Å². The molecule has 0 saturated heterocycles. The normalized spacial score (nSPS) is 12.0. The van der Waals surface area contributed by atoms with Gasteiger partial charge in [-0.2, -0.15) is 5.10 Å². The third-order valence-electron chi connectivity index (χ3n) is 3.24. The quantitative estimate of drug-likeness (QED) is 0.653. The summed E-state index contributed by atoms with van der Waals surface area (Å²) < 4.78 is 7.07. The van der Waals surface area contributed by atoms with Gasteiger partial charge in [0, 0.05) is 30.4 Å². The Hall–Kier alpha value is -2.57. The van der Waals surface area contributed by atoms with E-state index >= 15 is 0 Å². The zero-order valence-corrected chi connectivity index (χ0v) is 12.2. The van der Waals surface area contributed by atoms with Crippen molar-refractivity contribution in [3.63, 3.8) is 0 Å². The number of nitrogens with zero attached hydrogens (tertiary/aromatic N) is 3. The van der Waals surface area contributed by atoms with Gasteiger partial charge in [0.2, 0.25) is 0 Å².